The zero-order valence-corrected chi connectivity index (χ0v) is 28.2. The van der Waals surface area contributed by atoms with Gasteiger partial charge in [-0.3, -0.25) is 4.79 Å². The molecule has 5 fully saturated rings. The first-order valence-electron chi connectivity index (χ1n) is 17.4. The summed E-state index contributed by atoms with van der Waals surface area (Å²) in [5.74, 6) is 0.238. The Morgan fingerprint density at radius 1 is 0.889 bits per heavy atom. The second kappa shape index (κ2) is 11.0. The van der Waals surface area contributed by atoms with Crippen LogP contribution in [0.25, 0.3) is 0 Å². The molecule has 1 saturated heterocycles. The number of fused-ring (bicyclic) bond motifs is 9. The van der Waals surface area contributed by atoms with E-state index in [-0.39, 0.29) is 39.1 Å². The van der Waals surface area contributed by atoms with E-state index in [1.165, 1.54) is 5.57 Å². The van der Waals surface area contributed by atoms with Gasteiger partial charge in [-0.25, -0.2) is 0 Å². The summed E-state index contributed by atoms with van der Waals surface area (Å²) in [5, 5.41) is 61.0. The van der Waals surface area contributed by atoms with E-state index in [2.05, 4.69) is 47.6 Å². The number of ether oxygens (including phenoxy) is 2. The lowest BCUT2D eigenvalue weighted by atomic mass is 9.33. The van der Waals surface area contributed by atoms with E-state index in [0.717, 1.165) is 64.2 Å². The molecule has 256 valence electrons. The van der Waals surface area contributed by atoms with E-state index in [4.69, 9.17) is 14.6 Å². The first-order chi connectivity index (χ1) is 20.9. The molecule has 14 atom stereocenters. The van der Waals surface area contributed by atoms with Crippen molar-refractivity contribution in [2.45, 2.75) is 143 Å². The van der Waals surface area contributed by atoms with Gasteiger partial charge in [0.2, 0.25) is 0 Å². The van der Waals surface area contributed by atoms with Crippen LogP contribution < -0.4 is 0 Å². The summed E-state index contributed by atoms with van der Waals surface area (Å²) in [7, 11) is 0. The minimum atomic E-state index is -1.74. The molecule has 5 aliphatic carbocycles. The number of allylic oxidation sites excluding steroid dienone is 2. The molecule has 6 aliphatic rings. The number of hydrogen-bond donors (Lipinski definition) is 6. The van der Waals surface area contributed by atoms with Crippen molar-refractivity contribution in [2.24, 2.45) is 50.2 Å². The maximum absolute atomic E-state index is 12.9. The summed E-state index contributed by atoms with van der Waals surface area (Å²) in [6.07, 6.45) is 3.63. The molecule has 0 bridgehead atoms. The van der Waals surface area contributed by atoms with Gasteiger partial charge < -0.3 is 40.1 Å². The van der Waals surface area contributed by atoms with Gasteiger partial charge in [0.05, 0.1) is 24.7 Å². The van der Waals surface area contributed by atoms with Crippen molar-refractivity contribution < 1.29 is 44.9 Å². The molecule has 0 aromatic rings. The Labute approximate surface area is 268 Å². The van der Waals surface area contributed by atoms with Crippen LogP contribution in [-0.4, -0.2) is 86.6 Å². The van der Waals surface area contributed by atoms with Crippen molar-refractivity contribution in [3.63, 3.8) is 0 Å². The van der Waals surface area contributed by atoms with Gasteiger partial charge in [-0.2, -0.15) is 0 Å². The first kappa shape index (κ1) is 33.8. The lowest BCUT2D eigenvalue weighted by Crippen LogP contribution is -2.68. The summed E-state index contributed by atoms with van der Waals surface area (Å²) in [4.78, 5) is 12.9. The van der Waals surface area contributed by atoms with Crippen LogP contribution in [0.2, 0.25) is 0 Å². The van der Waals surface area contributed by atoms with Crippen LogP contribution in [0, 0.1) is 50.2 Å². The summed E-state index contributed by atoms with van der Waals surface area (Å²) in [6.45, 7) is 13.9. The first-order valence-corrected chi connectivity index (χ1v) is 17.4. The van der Waals surface area contributed by atoms with E-state index < -0.39 is 48.7 Å². The van der Waals surface area contributed by atoms with Crippen LogP contribution in [0.4, 0.5) is 0 Å². The van der Waals surface area contributed by atoms with Crippen LogP contribution >= 0.6 is 0 Å². The Balaban J connectivity index is 1.27. The van der Waals surface area contributed by atoms with Crippen LogP contribution in [0.1, 0.15) is 106 Å². The van der Waals surface area contributed by atoms with Gasteiger partial charge in [-0.15, -0.1) is 0 Å². The SMILES string of the molecule is CC1(C)CC[C@]2(C(=O)O)CC[C@]3(C)C(=CC[C@@H]4[C@@]5(C)CC[C@@H]6O[C@H]([C@H](O)[C@@H](O)[C@H](O)[C@H](O)CO)OC[C@@]6(C)[C@@H]5CC[C@]43C)[C@@H]2C1. The second-order valence-corrected chi connectivity index (χ2v) is 17.7. The fourth-order valence-electron chi connectivity index (χ4n) is 12.2. The average Bonchev–Trinajstić information content (AvgIpc) is 2.98. The Hall–Kier alpha value is -1.07. The Morgan fingerprint density at radius 3 is 2.24 bits per heavy atom. The Morgan fingerprint density at radius 2 is 1.58 bits per heavy atom. The standard InChI is InChI=1S/C36H58O9/c1-31(2)13-15-36(30(42)43)16-14-34(5)20(21(36)17-31)7-8-24-32(3)11-10-25-33(4,23(32)9-12-35(24,34)6)19-44-29(45-25)28(41)27(40)26(39)22(38)18-37/h7,21-29,37-41H,8-19H2,1-6H3,(H,42,43)/t21-,22+,23+,24+,25-,26+,27-,28+,29+,32-,33-,34+,35+,36-/m0/s1. The molecule has 6 N–H and O–H groups in total. The predicted octanol–water partition coefficient (Wildman–Crippen LogP) is 4.03. The zero-order valence-electron chi connectivity index (χ0n) is 28.2. The third-order valence-corrected chi connectivity index (χ3v) is 15.2. The zero-order chi connectivity index (χ0) is 33.0. The van der Waals surface area contributed by atoms with E-state index >= 15 is 0 Å². The highest BCUT2D eigenvalue weighted by Gasteiger charge is 2.70. The molecule has 0 amide bonds. The molecule has 0 unspecified atom stereocenters. The number of carbonyl (C=O) groups is 1. The number of aliphatic carboxylic acids is 1. The van der Waals surface area contributed by atoms with Crippen molar-refractivity contribution in [1.82, 2.24) is 0 Å². The van der Waals surface area contributed by atoms with Crippen molar-refractivity contribution in [3.8, 4) is 0 Å². The predicted molar refractivity (Wildman–Crippen MR) is 167 cm³/mol. The van der Waals surface area contributed by atoms with E-state index in [9.17, 15) is 30.3 Å². The molecule has 1 heterocycles. The average molecular weight is 635 g/mol. The molecular formula is C36H58O9. The van der Waals surface area contributed by atoms with Crippen LogP contribution in [-0.2, 0) is 14.3 Å². The van der Waals surface area contributed by atoms with E-state index in [1.54, 1.807) is 0 Å². The monoisotopic (exact) mass is 634 g/mol. The summed E-state index contributed by atoms with van der Waals surface area (Å²) in [5.41, 5.74) is 0.629. The number of hydrogen-bond acceptors (Lipinski definition) is 8. The molecule has 6 rings (SSSR count). The van der Waals surface area contributed by atoms with Gasteiger partial charge in [-0.1, -0.05) is 53.2 Å². The summed E-state index contributed by atoms with van der Waals surface area (Å²) < 4.78 is 12.5. The normalized spacial score (nSPS) is 49.8. The molecular weight excluding hydrogens is 576 g/mol. The quantitative estimate of drug-likeness (QED) is 0.238. The second-order valence-electron chi connectivity index (χ2n) is 17.7. The number of aliphatic hydroxyl groups is 5. The highest BCUT2D eigenvalue weighted by molar-refractivity contribution is 5.76. The van der Waals surface area contributed by atoms with Gasteiger partial charge in [0, 0.05) is 5.41 Å². The number of rotatable bonds is 6. The molecule has 0 aromatic carbocycles. The highest BCUT2D eigenvalue weighted by atomic mass is 16.7. The van der Waals surface area contributed by atoms with Crippen LogP contribution in [0.5, 0.6) is 0 Å². The minimum absolute atomic E-state index is 0.0234. The summed E-state index contributed by atoms with van der Waals surface area (Å²) in [6, 6.07) is 0. The lowest BCUT2D eigenvalue weighted by molar-refractivity contribution is -0.340. The number of carboxylic acid groups (broad SMARTS) is 1. The van der Waals surface area contributed by atoms with Gasteiger partial charge >= 0.3 is 5.97 Å². The van der Waals surface area contributed by atoms with Crippen molar-refractivity contribution in [1.29, 1.82) is 0 Å². The van der Waals surface area contributed by atoms with Crippen LogP contribution in [0.3, 0.4) is 0 Å². The van der Waals surface area contributed by atoms with Crippen molar-refractivity contribution >= 4 is 5.97 Å². The molecule has 0 radical (unpaired) electrons. The number of carboxylic acids is 1. The van der Waals surface area contributed by atoms with Gasteiger partial charge in [-0.05, 0) is 104 Å². The van der Waals surface area contributed by atoms with Crippen molar-refractivity contribution in [2.75, 3.05) is 13.2 Å². The Bertz CT molecular complexity index is 1200. The summed E-state index contributed by atoms with van der Waals surface area (Å²) >= 11 is 0. The van der Waals surface area contributed by atoms with Crippen LogP contribution in [0.15, 0.2) is 11.6 Å². The molecule has 9 nitrogen and oxygen atoms in total. The molecule has 4 saturated carbocycles. The highest BCUT2D eigenvalue weighted by Crippen LogP contribution is 2.76. The lowest BCUT2D eigenvalue weighted by Gasteiger charge is -2.72. The molecule has 0 aromatic heterocycles. The molecule has 9 heteroatoms. The molecule has 45 heavy (non-hydrogen) atoms. The topological polar surface area (TPSA) is 157 Å². The fourth-order valence-corrected chi connectivity index (χ4v) is 12.2. The van der Waals surface area contributed by atoms with E-state index in [0.29, 0.717) is 18.4 Å². The molecule has 1 aliphatic heterocycles. The minimum Gasteiger partial charge on any atom is -0.481 e. The maximum atomic E-state index is 12.9. The third kappa shape index (κ3) is 4.68. The van der Waals surface area contributed by atoms with E-state index in [1.807, 2.05) is 0 Å². The molecule has 0 spiro atoms. The maximum Gasteiger partial charge on any atom is 0.310 e. The van der Waals surface area contributed by atoms with Gasteiger partial charge in [0.25, 0.3) is 0 Å². The smallest absolute Gasteiger partial charge is 0.310 e. The van der Waals surface area contributed by atoms with Gasteiger partial charge in [0.15, 0.2) is 6.29 Å². The Kier molecular flexibility index (Phi) is 8.25. The fraction of sp³-hybridized carbons (Fsp3) is 0.917. The largest absolute Gasteiger partial charge is 0.481 e. The van der Waals surface area contributed by atoms with Crippen molar-refractivity contribution in [3.05, 3.63) is 11.6 Å². The van der Waals surface area contributed by atoms with Gasteiger partial charge in [0.1, 0.15) is 24.4 Å². The number of aliphatic hydroxyl groups excluding tert-OH is 5. The third-order valence-electron chi connectivity index (χ3n) is 15.2.